The van der Waals surface area contributed by atoms with Gasteiger partial charge in [0.15, 0.2) is 0 Å². The van der Waals surface area contributed by atoms with Gasteiger partial charge in [0.1, 0.15) is 6.10 Å². The van der Waals surface area contributed by atoms with Crippen molar-refractivity contribution in [3.05, 3.63) is 0 Å². The Labute approximate surface area is 122 Å². The third-order valence-electron chi connectivity index (χ3n) is 4.93. The number of fused-ring (bicyclic) bond motifs is 1. The van der Waals surface area contributed by atoms with Gasteiger partial charge < -0.3 is 10.2 Å². The number of rotatable bonds is 5. The van der Waals surface area contributed by atoms with Crippen LogP contribution in [0.25, 0.3) is 0 Å². The molecule has 20 heavy (non-hydrogen) atoms. The molecule has 2 aliphatic rings. The molecule has 0 saturated carbocycles. The van der Waals surface area contributed by atoms with Gasteiger partial charge in [-0.15, -0.1) is 18.8 Å². The summed E-state index contributed by atoms with van der Waals surface area (Å²) in [7, 11) is 0. The first-order chi connectivity index (χ1) is 9.67. The minimum atomic E-state index is -1.05. The predicted molar refractivity (Wildman–Crippen MR) is 79.8 cm³/mol. The zero-order valence-corrected chi connectivity index (χ0v) is 12.0. The fourth-order valence-corrected chi connectivity index (χ4v) is 3.92. The smallest absolute Gasteiger partial charge is 0.140 e. The summed E-state index contributed by atoms with van der Waals surface area (Å²) in [5, 5.41) is 19.5. The molecule has 0 aliphatic carbocycles. The van der Waals surface area contributed by atoms with Crippen LogP contribution in [0.2, 0.25) is 0 Å². The molecule has 0 aromatic heterocycles. The first-order valence-corrected chi connectivity index (χ1v) is 7.68. The van der Waals surface area contributed by atoms with Crippen LogP contribution in [-0.2, 0) is 0 Å². The number of nitrogens with zero attached hydrogens (tertiary/aromatic N) is 1. The second kappa shape index (κ2) is 7.14. The van der Waals surface area contributed by atoms with E-state index < -0.39 is 12.2 Å². The van der Waals surface area contributed by atoms with Gasteiger partial charge in [0.05, 0.1) is 6.10 Å². The summed E-state index contributed by atoms with van der Waals surface area (Å²) in [5.41, 5.74) is 0. The van der Waals surface area contributed by atoms with E-state index in [1.165, 1.54) is 19.3 Å². The molecule has 2 N–H and O–H groups in total. The molecule has 3 nitrogen and oxygen atoms in total. The Morgan fingerprint density at radius 3 is 2.70 bits per heavy atom. The molecule has 0 amide bonds. The fourth-order valence-electron chi connectivity index (χ4n) is 3.92. The van der Waals surface area contributed by atoms with Crippen molar-refractivity contribution in [2.24, 2.45) is 5.92 Å². The zero-order chi connectivity index (χ0) is 14.5. The summed E-state index contributed by atoms with van der Waals surface area (Å²) in [6, 6.07) is 0.958. The van der Waals surface area contributed by atoms with Crippen LogP contribution in [0.5, 0.6) is 0 Å². The summed E-state index contributed by atoms with van der Waals surface area (Å²) < 4.78 is 0. The number of hydrogen-bond donors (Lipinski definition) is 2. The highest BCUT2D eigenvalue weighted by Gasteiger charge is 2.40. The monoisotopic (exact) mass is 275 g/mol. The van der Waals surface area contributed by atoms with Crippen molar-refractivity contribution >= 4 is 0 Å². The van der Waals surface area contributed by atoms with Crippen LogP contribution in [0, 0.1) is 30.6 Å². The third-order valence-corrected chi connectivity index (χ3v) is 4.93. The topological polar surface area (TPSA) is 43.7 Å². The van der Waals surface area contributed by atoms with Gasteiger partial charge in [0, 0.05) is 18.5 Å². The highest BCUT2D eigenvalue weighted by Crippen LogP contribution is 2.38. The van der Waals surface area contributed by atoms with Gasteiger partial charge in [-0.1, -0.05) is 5.92 Å². The summed E-state index contributed by atoms with van der Waals surface area (Å²) in [6.45, 7) is 1.10. The summed E-state index contributed by atoms with van der Waals surface area (Å²) in [6.07, 6.45) is 15.9. The molecule has 0 spiro atoms. The van der Waals surface area contributed by atoms with Gasteiger partial charge >= 0.3 is 0 Å². The normalized spacial score (nSPS) is 32.9. The highest BCUT2D eigenvalue weighted by atomic mass is 16.3. The van der Waals surface area contributed by atoms with Crippen LogP contribution >= 0.6 is 0 Å². The van der Waals surface area contributed by atoms with Crippen molar-refractivity contribution in [1.29, 1.82) is 0 Å². The summed E-state index contributed by atoms with van der Waals surface area (Å²) in [4.78, 5) is 2.52. The first-order valence-electron chi connectivity index (χ1n) is 7.68. The van der Waals surface area contributed by atoms with Gasteiger partial charge in [0.25, 0.3) is 0 Å². The van der Waals surface area contributed by atoms with Crippen molar-refractivity contribution in [1.82, 2.24) is 4.90 Å². The Bertz CT molecular complexity index is 395. The van der Waals surface area contributed by atoms with E-state index in [1.54, 1.807) is 0 Å². The molecule has 5 atom stereocenters. The van der Waals surface area contributed by atoms with E-state index in [-0.39, 0.29) is 0 Å². The Hall–Kier alpha value is -1.00. The standard InChI is InChI=1S/C17H25NO2/c1-3-5-7-13-9-10-14(12-17(20)16(19)4-2)18-11-6-8-15(13)18/h1-2,13-17,19-20H,5-12H2. The van der Waals surface area contributed by atoms with Crippen LogP contribution in [0.1, 0.15) is 44.9 Å². The Balaban J connectivity index is 1.94. The predicted octanol–water partition coefficient (Wildman–Crippen LogP) is 1.39. The molecule has 0 bridgehead atoms. The fraction of sp³-hybridized carbons (Fsp3) is 0.765. The third kappa shape index (κ3) is 3.36. The first kappa shape index (κ1) is 15.4. The molecule has 0 aromatic rings. The second-order valence-electron chi connectivity index (χ2n) is 6.10. The van der Waals surface area contributed by atoms with Crippen molar-refractivity contribution in [2.75, 3.05) is 6.54 Å². The van der Waals surface area contributed by atoms with E-state index in [0.29, 0.717) is 24.4 Å². The molecule has 2 saturated heterocycles. The summed E-state index contributed by atoms with van der Waals surface area (Å²) >= 11 is 0. The number of aliphatic hydroxyl groups excluding tert-OH is 2. The van der Waals surface area contributed by atoms with E-state index >= 15 is 0 Å². The van der Waals surface area contributed by atoms with Gasteiger partial charge in [-0.25, -0.2) is 0 Å². The van der Waals surface area contributed by atoms with Crippen molar-refractivity contribution in [2.45, 2.75) is 69.2 Å². The molecule has 5 unspecified atom stereocenters. The van der Waals surface area contributed by atoms with Crippen LogP contribution in [-0.4, -0.2) is 45.9 Å². The van der Waals surface area contributed by atoms with Gasteiger partial charge in [-0.3, -0.25) is 4.90 Å². The number of piperidine rings is 1. The van der Waals surface area contributed by atoms with Crippen LogP contribution in [0.3, 0.4) is 0 Å². The minimum absolute atomic E-state index is 0.350. The molecule has 2 rings (SSSR count). The molecule has 2 aliphatic heterocycles. The molecule has 2 fully saturated rings. The number of aliphatic hydroxyl groups is 2. The Kier molecular flexibility index (Phi) is 5.49. The number of terminal acetylenes is 2. The minimum Gasteiger partial charge on any atom is -0.389 e. The van der Waals surface area contributed by atoms with E-state index in [1.807, 2.05) is 0 Å². The number of hydrogen-bond acceptors (Lipinski definition) is 3. The average molecular weight is 275 g/mol. The SMILES string of the molecule is C#CCCC1CCC(CC(O)C(O)C#C)N2CCCC12. The average Bonchev–Trinajstić information content (AvgIpc) is 2.95. The van der Waals surface area contributed by atoms with Gasteiger partial charge in [-0.05, 0) is 51.0 Å². The van der Waals surface area contributed by atoms with E-state index in [2.05, 4.69) is 16.7 Å². The lowest BCUT2D eigenvalue weighted by molar-refractivity contribution is -0.000785. The molecular formula is C17H25NO2. The molecule has 0 aromatic carbocycles. The Morgan fingerprint density at radius 1 is 1.20 bits per heavy atom. The maximum absolute atomic E-state index is 9.95. The van der Waals surface area contributed by atoms with E-state index in [4.69, 9.17) is 12.8 Å². The summed E-state index contributed by atoms with van der Waals surface area (Å²) in [5.74, 6) is 5.66. The van der Waals surface area contributed by atoms with Gasteiger partial charge in [0.2, 0.25) is 0 Å². The molecule has 0 radical (unpaired) electrons. The molecule has 3 heteroatoms. The lowest BCUT2D eigenvalue weighted by Crippen LogP contribution is -2.49. The second-order valence-corrected chi connectivity index (χ2v) is 6.10. The lowest BCUT2D eigenvalue weighted by Gasteiger charge is -2.43. The molecule has 110 valence electrons. The highest BCUT2D eigenvalue weighted by molar-refractivity contribution is 5.01. The van der Waals surface area contributed by atoms with Crippen LogP contribution in [0.15, 0.2) is 0 Å². The maximum Gasteiger partial charge on any atom is 0.140 e. The van der Waals surface area contributed by atoms with Crippen LogP contribution in [0.4, 0.5) is 0 Å². The van der Waals surface area contributed by atoms with Crippen molar-refractivity contribution in [3.8, 4) is 24.7 Å². The van der Waals surface area contributed by atoms with E-state index in [9.17, 15) is 10.2 Å². The molecular weight excluding hydrogens is 250 g/mol. The van der Waals surface area contributed by atoms with Crippen molar-refractivity contribution in [3.63, 3.8) is 0 Å². The van der Waals surface area contributed by atoms with E-state index in [0.717, 1.165) is 25.8 Å². The quantitative estimate of drug-likeness (QED) is 0.745. The van der Waals surface area contributed by atoms with Gasteiger partial charge in [-0.2, -0.15) is 0 Å². The Morgan fingerprint density at radius 2 is 2.00 bits per heavy atom. The van der Waals surface area contributed by atoms with Crippen molar-refractivity contribution < 1.29 is 10.2 Å². The van der Waals surface area contributed by atoms with Crippen LogP contribution < -0.4 is 0 Å². The molecule has 2 heterocycles. The zero-order valence-electron chi connectivity index (χ0n) is 12.0. The largest absolute Gasteiger partial charge is 0.389 e. The lowest BCUT2D eigenvalue weighted by atomic mass is 9.81. The maximum atomic E-state index is 9.95.